The van der Waals surface area contributed by atoms with Crippen LogP contribution in [0.5, 0.6) is 5.75 Å². The molecule has 1 fully saturated rings. The normalized spacial score (nSPS) is 17.1. The number of aryl methyl sites for hydroxylation is 2. The second kappa shape index (κ2) is 9.17. The number of nitrogens with one attached hydrogen (secondary N) is 2. The number of phenols is 1. The molecule has 0 aliphatic carbocycles. The zero-order chi connectivity index (χ0) is 26.4. The van der Waals surface area contributed by atoms with Crippen molar-refractivity contribution in [2.24, 2.45) is 5.10 Å². The summed E-state index contributed by atoms with van der Waals surface area (Å²) in [6.45, 7) is 3.76. The lowest BCUT2D eigenvalue weighted by atomic mass is 10.1. The summed E-state index contributed by atoms with van der Waals surface area (Å²) in [4.78, 5) is 37.7. The molecule has 0 aromatic heterocycles. The predicted molar refractivity (Wildman–Crippen MR) is 137 cm³/mol. The smallest absolute Gasteiger partial charge is 0.290 e. The second-order valence-corrected chi connectivity index (χ2v) is 9.41. The summed E-state index contributed by atoms with van der Waals surface area (Å²) in [6.07, 6.45) is 1.43. The molecule has 2 aliphatic heterocycles. The van der Waals surface area contributed by atoms with Crippen molar-refractivity contribution in [2.75, 3.05) is 10.3 Å². The van der Waals surface area contributed by atoms with Gasteiger partial charge in [0, 0.05) is 17.3 Å². The average Bonchev–Trinajstić information content (AvgIpc) is 3.29. The number of nitrogens with zero attached hydrogens (tertiary/aromatic N) is 2. The van der Waals surface area contributed by atoms with E-state index in [1.165, 1.54) is 18.2 Å². The van der Waals surface area contributed by atoms with Crippen LogP contribution in [0.1, 0.15) is 22.3 Å². The Morgan fingerprint density at radius 3 is 2.49 bits per heavy atom. The zero-order valence-corrected chi connectivity index (χ0v) is 20.2. The topological polar surface area (TPSA) is 111 Å². The molecular weight excluding hydrogens is 502 g/mol. The molecular formula is C26H18F2N4O4S. The number of carbonyl (C=O) groups excluding carboxylic acids is 3. The molecule has 0 atom stereocenters. The Hall–Kier alpha value is -4.51. The third-order valence-electron chi connectivity index (χ3n) is 5.91. The molecule has 3 N–H and O–H groups in total. The molecule has 11 heteroatoms. The number of anilines is 3. The van der Waals surface area contributed by atoms with E-state index in [2.05, 4.69) is 15.8 Å². The monoisotopic (exact) mass is 520 g/mol. The fourth-order valence-electron chi connectivity index (χ4n) is 3.94. The number of carbonyl (C=O) groups is 3. The molecule has 5 rings (SSSR count). The van der Waals surface area contributed by atoms with Crippen LogP contribution in [-0.4, -0.2) is 27.9 Å². The predicted octanol–water partition coefficient (Wildman–Crippen LogP) is 5.11. The maximum atomic E-state index is 14.9. The molecule has 0 radical (unpaired) electrons. The van der Waals surface area contributed by atoms with Gasteiger partial charge in [0.1, 0.15) is 11.6 Å². The molecule has 3 amide bonds. The number of fused-ring (bicyclic) bond motifs is 1. The van der Waals surface area contributed by atoms with Gasteiger partial charge in [-0.25, -0.2) is 8.78 Å². The van der Waals surface area contributed by atoms with Crippen molar-refractivity contribution in [3.05, 3.63) is 87.3 Å². The van der Waals surface area contributed by atoms with Crippen LogP contribution in [0.25, 0.3) is 6.08 Å². The highest BCUT2D eigenvalue weighted by Gasteiger charge is 2.38. The summed E-state index contributed by atoms with van der Waals surface area (Å²) >= 11 is 0.741. The fraction of sp³-hybridized carbons (Fsp3) is 0.0769. The highest BCUT2D eigenvalue weighted by Crippen LogP contribution is 2.39. The maximum absolute atomic E-state index is 14.9. The van der Waals surface area contributed by atoms with Crippen molar-refractivity contribution in [1.82, 2.24) is 5.32 Å². The molecule has 3 aromatic rings. The largest absolute Gasteiger partial charge is 0.506 e. The first-order valence-corrected chi connectivity index (χ1v) is 11.8. The summed E-state index contributed by atoms with van der Waals surface area (Å²) in [7, 11) is 0. The summed E-state index contributed by atoms with van der Waals surface area (Å²) < 4.78 is 29.0. The molecule has 0 spiro atoms. The van der Waals surface area contributed by atoms with E-state index in [0.717, 1.165) is 33.9 Å². The Morgan fingerprint density at radius 2 is 1.81 bits per heavy atom. The van der Waals surface area contributed by atoms with Crippen molar-refractivity contribution in [3.63, 3.8) is 0 Å². The van der Waals surface area contributed by atoms with E-state index >= 15 is 0 Å². The van der Waals surface area contributed by atoms with Crippen molar-refractivity contribution in [2.45, 2.75) is 13.8 Å². The molecule has 37 heavy (non-hydrogen) atoms. The highest BCUT2D eigenvalue weighted by atomic mass is 32.2. The molecule has 2 heterocycles. The lowest BCUT2D eigenvalue weighted by Crippen LogP contribution is -2.26. The highest BCUT2D eigenvalue weighted by molar-refractivity contribution is 8.18. The van der Waals surface area contributed by atoms with Crippen LogP contribution in [0.15, 0.2) is 58.5 Å². The molecule has 3 aromatic carbocycles. The zero-order valence-electron chi connectivity index (χ0n) is 19.4. The van der Waals surface area contributed by atoms with Gasteiger partial charge in [0.2, 0.25) is 0 Å². The second-order valence-electron chi connectivity index (χ2n) is 8.39. The number of hydrazone groups is 1. The van der Waals surface area contributed by atoms with Gasteiger partial charge in [-0.05, 0) is 78.7 Å². The number of aromatic hydroxyl groups is 1. The Labute approximate surface area is 213 Å². The van der Waals surface area contributed by atoms with Crippen molar-refractivity contribution >= 4 is 57.7 Å². The number of hydrogen-bond donors (Lipinski definition) is 3. The van der Waals surface area contributed by atoms with E-state index in [0.29, 0.717) is 17.3 Å². The fourth-order valence-corrected chi connectivity index (χ4v) is 4.62. The van der Waals surface area contributed by atoms with Crippen molar-refractivity contribution in [3.8, 4) is 5.75 Å². The van der Waals surface area contributed by atoms with Gasteiger partial charge in [-0.3, -0.25) is 30.0 Å². The third kappa shape index (κ3) is 4.45. The number of imide groups is 1. The Kier molecular flexibility index (Phi) is 6.00. The van der Waals surface area contributed by atoms with Crippen LogP contribution in [-0.2, 0) is 9.59 Å². The lowest BCUT2D eigenvalue weighted by molar-refractivity contribution is -0.115. The van der Waals surface area contributed by atoms with Gasteiger partial charge in [0.25, 0.3) is 17.1 Å². The minimum absolute atomic E-state index is 0.0389. The number of halogens is 2. The number of hydrogen-bond acceptors (Lipinski definition) is 7. The first-order valence-electron chi connectivity index (χ1n) is 10.9. The quantitative estimate of drug-likeness (QED) is 0.251. The minimum atomic E-state index is -0.917. The van der Waals surface area contributed by atoms with E-state index in [4.69, 9.17) is 0 Å². The van der Waals surface area contributed by atoms with Crippen molar-refractivity contribution in [1.29, 1.82) is 0 Å². The number of rotatable bonds is 4. The van der Waals surface area contributed by atoms with Gasteiger partial charge in [0.15, 0.2) is 11.5 Å². The molecule has 1 saturated heterocycles. The Balaban J connectivity index is 1.49. The van der Waals surface area contributed by atoms with Gasteiger partial charge in [0.05, 0.1) is 16.3 Å². The van der Waals surface area contributed by atoms with E-state index in [1.807, 2.05) is 13.8 Å². The maximum Gasteiger partial charge on any atom is 0.290 e. The van der Waals surface area contributed by atoms with Gasteiger partial charge >= 0.3 is 0 Å². The summed E-state index contributed by atoms with van der Waals surface area (Å²) in [6, 6.07) is 11.2. The number of thioether (sulfide) groups is 1. The van der Waals surface area contributed by atoms with E-state index in [-0.39, 0.29) is 33.3 Å². The van der Waals surface area contributed by atoms with Gasteiger partial charge in [-0.15, -0.1) is 0 Å². The first-order chi connectivity index (χ1) is 17.6. The number of benzene rings is 3. The van der Waals surface area contributed by atoms with Gasteiger partial charge < -0.3 is 5.11 Å². The van der Waals surface area contributed by atoms with Crippen LogP contribution in [0.4, 0.5) is 30.6 Å². The van der Waals surface area contributed by atoms with Crippen LogP contribution in [0.3, 0.4) is 0 Å². The number of phenolic OH excluding ortho intramolecular Hbond substituents is 1. The molecule has 0 saturated carbocycles. The SMILES string of the molecule is Cc1ccc(N2C(=O)C(=NNc3ccc(C=C4SC(=O)NC4=O)cc3O)c3cc(F)cc(F)c32)cc1C. The molecule has 8 nitrogen and oxygen atoms in total. The van der Waals surface area contributed by atoms with E-state index in [9.17, 15) is 28.3 Å². The van der Waals surface area contributed by atoms with E-state index < -0.39 is 28.7 Å². The molecule has 186 valence electrons. The lowest BCUT2D eigenvalue weighted by Gasteiger charge is -2.18. The van der Waals surface area contributed by atoms with Crippen LogP contribution >= 0.6 is 11.8 Å². The van der Waals surface area contributed by atoms with E-state index in [1.54, 1.807) is 24.3 Å². The van der Waals surface area contributed by atoms with Gasteiger partial charge in [-0.2, -0.15) is 5.10 Å². The third-order valence-corrected chi connectivity index (χ3v) is 6.72. The Bertz CT molecular complexity index is 1580. The first kappa shape index (κ1) is 24.2. The molecule has 0 unspecified atom stereocenters. The average molecular weight is 521 g/mol. The summed E-state index contributed by atoms with van der Waals surface area (Å²) in [5, 5.41) is 16.2. The van der Waals surface area contributed by atoms with Crippen LogP contribution in [0, 0.1) is 25.5 Å². The summed E-state index contributed by atoms with van der Waals surface area (Å²) in [5.41, 5.74) is 4.99. The molecule has 2 aliphatic rings. The van der Waals surface area contributed by atoms with Gasteiger partial charge in [-0.1, -0.05) is 12.1 Å². The van der Waals surface area contributed by atoms with Crippen LogP contribution < -0.4 is 15.6 Å². The Morgan fingerprint density at radius 1 is 1.03 bits per heavy atom. The number of amides is 3. The van der Waals surface area contributed by atoms with Crippen molar-refractivity contribution < 1.29 is 28.3 Å². The minimum Gasteiger partial charge on any atom is -0.506 e. The standard InChI is InChI=1S/C26H18F2N4O4S/c1-12-3-5-16(7-13(12)2)32-23-17(10-15(27)11-18(23)28)22(25(32)35)31-30-19-6-4-14(8-20(19)33)9-21-24(34)29-26(36)37-21/h3-11,30,33H,1-2H3,(H,29,34,36). The van der Waals surface area contributed by atoms with Crippen LogP contribution in [0.2, 0.25) is 0 Å². The summed E-state index contributed by atoms with van der Waals surface area (Å²) in [5.74, 6) is -3.26. The molecule has 0 bridgehead atoms.